The van der Waals surface area contributed by atoms with Crippen LogP contribution in [0.15, 0.2) is 35.7 Å². The number of fused-ring (bicyclic) bond motifs is 1. The number of thiophene rings is 2. The Labute approximate surface area is 123 Å². The standard InChI is InChI=1S/C14H9ClO2S2/c1-17-10-3-2-8(6-9(10)15)14(16)13-7-12-11(19-13)4-5-18-12/h2-7H,1H3. The number of rotatable bonds is 3. The first kappa shape index (κ1) is 12.7. The molecular weight excluding hydrogens is 300 g/mol. The van der Waals surface area contributed by atoms with Crippen molar-refractivity contribution in [2.24, 2.45) is 0 Å². The summed E-state index contributed by atoms with van der Waals surface area (Å²) < 4.78 is 7.37. The highest BCUT2D eigenvalue weighted by Crippen LogP contribution is 2.32. The van der Waals surface area contributed by atoms with E-state index < -0.39 is 0 Å². The van der Waals surface area contributed by atoms with Crippen molar-refractivity contribution in [1.82, 2.24) is 0 Å². The molecule has 0 saturated heterocycles. The van der Waals surface area contributed by atoms with Crippen LogP contribution in [-0.4, -0.2) is 12.9 Å². The van der Waals surface area contributed by atoms with Crippen LogP contribution in [0.4, 0.5) is 0 Å². The van der Waals surface area contributed by atoms with Gasteiger partial charge in [-0.1, -0.05) is 11.6 Å². The fourth-order valence-electron chi connectivity index (χ4n) is 1.83. The molecule has 5 heteroatoms. The molecule has 0 unspecified atom stereocenters. The number of carbonyl (C=O) groups is 1. The maximum atomic E-state index is 12.4. The van der Waals surface area contributed by atoms with E-state index in [1.807, 2.05) is 17.5 Å². The third-order valence-corrected chi connectivity index (χ3v) is 5.16. The van der Waals surface area contributed by atoms with Gasteiger partial charge in [0.2, 0.25) is 5.78 Å². The second-order valence-electron chi connectivity index (χ2n) is 3.94. The summed E-state index contributed by atoms with van der Waals surface area (Å²) in [5.74, 6) is 0.573. The molecule has 0 atom stereocenters. The Balaban J connectivity index is 1.99. The number of halogens is 1. The van der Waals surface area contributed by atoms with Crippen molar-refractivity contribution in [2.75, 3.05) is 7.11 Å². The van der Waals surface area contributed by atoms with Gasteiger partial charge in [0.15, 0.2) is 0 Å². The van der Waals surface area contributed by atoms with Crippen molar-refractivity contribution in [3.63, 3.8) is 0 Å². The van der Waals surface area contributed by atoms with Crippen LogP contribution in [0.25, 0.3) is 9.40 Å². The molecule has 0 radical (unpaired) electrons. The molecule has 96 valence electrons. The van der Waals surface area contributed by atoms with Crippen molar-refractivity contribution in [3.8, 4) is 5.75 Å². The zero-order valence-corrected chi connectivity index (χ0v) is 12.4. The van der Waals surface area contributed by atoms with E-state index in [0.29, 0.717) is 16.3 Å². The Morgan fingerprint density at radius 2 is 2.05 bits per heavy atom. The molecule has 0 aliphatic rings. The average molecular weight is 309 g/mol. The molecule has 0 fully saturated rings. The average Bonchev–Trinajstić information content (AvgIpc) is 2.98. The van der Waals surface area contributed by atoms with E-state index in [-0.39, 0.29) is 5.78 Å². The van der Waals surface area contributed by atoms with Crippen molar-refractivity contribution in [2.45, 2.75) is 0 Å². The molecule has 3 rings (SSSR count). The van der Waals surface area contributed by atoms with E-state index in [4.69, 9.17) is 16.3 Å². The fourth-order valence-corrected chi connectivity index (χ4v) is 4.16. The van der Waals surface area contributed by atoms with Crippen LogP contribution in [-0.2, 0) is 0 Å². The van der Waals surface area contributed by atoms with Crippen molar-refractivity contribution >= 4 is 49.5 Å². The first-order valence-corrected chi connectivity index (χ1v) is 7.62. The minimum atomic E-state index is -0.00190. The summed E-state index contributed by atoms with van der Waals surface area (Å²) in [5, 5.41) is 2.48. The van der Waals surface area contributed by atoms with Gasteiger partial charge in [0.25, 0.3) is 0 Å². The zero-order valence-electron chi connectivity index (χ0n) is 9.98. The fraction of sp³-hybridized carbons (Fsp3) is 0.0714. The van der Waals surface area contributed by atoms with E-state index in [9.17, 15) is 4.79 Å². The predicted octanol–water partition coefficient (Wildman–Crippen LogP) is 4.86. The van der Waals surface area contributed by atoms with Crippen LogP contribution < -0.4 is 4.74 Å². The lowest BCUT2D eigenvalue weighted by Crippen LogP contribution is -1.98. The van der Waals surface area contributed by atoms with Gasteiger partial charge in [0.05, 0.1) is 17.0 Å². The number of ether oxygens (including phenoxy) is 1. The summed E-state index contributed by atoms with van der Waals surface area (Å²) in [7, 11) is 1.55. The molecule has 0 bridgehead atoms. The van der Waals surface area contributed by atoms with Crippen LogP contribution in [0.3, 0.4) is 0 Å². The Hall–Kier alpha value is -1.36. The molecule has 0 N–H and O–H groups in total. The maximum Gasteiger partial charge on any atom is 0.203 e. The molecule has 0 aliphatic heterocycles. The first-order valence-electron chi connectivity index (χ1n) is 5.54. The Bertz CT molecular complexity index is 729. The van der Waals surface area contributed by atoms with Gasteiger partial charge in [-0.25, -0.2) is 0 Å². The largest absolute Gasteiger partial charge is 0.495 e. The Morgan fingerprint density at radius 1 is 1.21 bits per heavy atom. The summed E-state index contributed by atoms with van der Waals surface area (Å²) in [6, 6.07) is 9.07. The first-order chi connectivity index (χ1) is 9.19. The van der Waals surface area contributed by atoms with Gasteiger partial charge in [-0.2, -0.15) is 0 Å². The monoisotopic (exact) mass is 308 g/mol. The molecule has 2 nitrogen and oxygen atoms in total. The van der Waals surface area contributed by atoms with Gasteiger partial charge in [-0.15, -0.1) is 22.7 Å². The zero-order chi connectivity index (χ0) is 13.4. The normalized spacial score (nSPS) is 10.8. The van der Waals surface area contributed by atoms with Crippen LogP contribution in [0.5, 0.6) is 5.75 Å². The Kier molecular flexibility index (Phi) is 3.31. The third-order valence-electron chi connectivity index (χ3n) is 2.78. The Morgan fingerprint density at radius 3 is 2.74 bits per heavy atom. The lowest BCUT2D eigenvalue weighted by Gasteiger charge is -2.04. The highest BCUT2D eigenvalue weighted by Gasteiger charge is 2.14. The molecule has 0 spiro atoms. The number of hydrogen-bond donors (Lipinski definition) is 0. The third kappa shape index (κ3) is 2.27. The topological polar surface area (TPSA) is 26.3 Å². The van der Waals surface area contributed by atoms with Gasteiger partial charge in [-0.05, 0) is 35.7 Å². The van der Waals surface area contributed by atoms with Crippen molar-refractivity contribution in [1.29, 1.82) is 0 Å². The number of methoxy groups -OCH3 is 1. The van der Waals surface area contributed by atoms with E-state index in [1.165, 1.54) is 11.3 Å². The van der Waals surface area contributed by atoms with Crippen molar-refractivity contribution < 1.29 is 9.53 Å². The number of hydrogen-bond acceptors (Lipinski definition) is 4. The van der Waals surface area contributed by atoms with E-state index in [2.05, 4.69) is 0 Å². The van der Waals surface area contributed by atoms with Crippen LogP contribution in [0.2, 0.25) is 5.02 Å². The van der Waals surface area contributed by atoms with Gasteiger partial charge in [0.1, 0.15) is 5.75 Å². The molecule has 3 aromatic rings. The number of ketones is 1. The molecule has 0 aliphatic carbocycles. The van der Waals surface area contributed by atoms with E-state index in [0.717, 1.165) is 14.3 Å². The van der Waals surface area contributed by atoms with Gasteiger partial charge < -0.3 is 4.74 Å². The van der Waals surface area contributed by atoms with Gasteiger partial charge in [0, 0.05) is 15.0 Å². The lowest BCUT2D eigenvalue weighted by molar-refractivity contribution is 0.104. The smallest absolute Gasteiger partial charge is 0.203 e. The van der Waals surface area contributed by atoms with Gasteiger partial charge >= 0.3 is 0 Å². The van der Waals surface area contributed by atoms with Crippen LogP contribution in [0, 0.1) is 0 Å². The summed E-state index contributed by atoms with van der Waals surface area (Å²) in [6.07, 6.45) is 0. The second kappa shape index (κ2) is 4.96. The summed E-state index contributed by atoms with van der Waals surface area (Å²) in [5.41, 5.74) is 0.583. The predicted molar refractivity (Wildman–Crippen MR) is 81.1 cm³/mol. The number of carbonyl (C=O) groups excluding carboxylic acids is 1. The molecule has 0 saturated carbocycles. The maximum absolute atomic E-state index is 12.4. The van der Waals surface area contributed by atoms with Gasteiger partial charge in [-0.3, -0.25) is 4.79 Å². The molecule has 2 heterocycles. The second-order valence-corrected chi connectivity index (χ2v) is 6.38. The summed E-state index contributed by atoms with van der Waals surface area (Å²) in [4.78, 5) is 13.1. The van der Waals surface area contributed by atoms with Crippen molar-refractivity contribution in [3.05, 3.63) is 51.2 Å². The molecule has 1 aromatic carbocycles. The van der Waals surface area contributed by atoms with Crippen LogP contribution in [0.1, 0.15) is 15.2 Å². The summed E-state index contributed by atoms with van der Waals surface area (Å²) in [6.45, 7) is 0. The van der Waals surface area contributed by atoms with E-state index in [1.54, 1.807) is 36.6 Å². The minimum Gasteiger partial charge on any atom is -0.495 e. The highest BCUT2D eigenvalue weighted by atomic mass is 35.5. The molecule has 0 amide bonds. The minimum absolute atomic E-state index is 0.00190. The molecule has 19 heavy (non-hydrogen) atoms. The lowest BCUT2D eigenvalue weighted by atomic mass is 10.1. The molecule has 2 aromatic heterocycles. The SMILES string of the molecule is COc1ccc(C(=O)c2cc3sccc3s2)cc1Cl. The molecular formula is C14H9ClO2S2. The highest BCUT2D eigenvalue weighted by molar-refractivity contribution is 7.28. The number of benzene rings is 1. The summed E-state index contributed by atoms with van der Waals surface area (Å²) >= 11 is 9.20. The quantitative estimate of drug-likeness (QED) is 0.646. The van der Waals surface area contributed by atoms with E-state index >= 15 is 0 Å². The van der Waals surface area contributed by atoms with Crippen LogP contribution >= 0.6 is 34.3 Å².